The lowest BCUT2D eigenvalue weighted by atomic mass is 9.98. The van der Waals surface area contributed by atoms with Crippen LogP contribution in [0, 0.1) is 5.82 Å². The van der Waals surface area contributed by atoms with E-state index in [2.05, 4.69) is 5.32 Å². The smallest absolute Gasteiger partial charge is 0.422 e. The zero-order valence-corrected chi connectivity index (χ0v) is 19.3. The van der Waals surface area contributed by atoms with E-state index in [1.807, 2.05) is 17.9 Å². The molecule has 1 unspecified atom stereocenters. The summed E-state index contributed by atoms with van der Waals surface area (Å²) in [5, 5.41) is 12.5. The van der Waals surface area contributed by atoms with Gasteiger partial charge in [0, 0.05) is 31.7 Å². The van der Waals surface area contributed by atoms with Crippen LogP contribution in [0.5, 0.6) is 11.5 Å². The number of carbonyl (C=O) groups is 1. The van der Waals surface area contributed by atoms with Crippen LogP contribution in [0.25, 0.3) is 0 Å². The third kappa shape index (κ3) is 7.46. The number of nitrogens with one attached hydrogen (secondary N) is 1. The number of aliphatic hydroxyl groups is 1. The molecule has 1 heterocycles. The van der Waals surface area contributed by atoms with Crippen molar-refractivity contribution < 1.29 is 36.9 Å². The zero-order chi connectivity index (χ0) is 25.6. The highest BCUT2D eigenvalue weighted by Crippen LogP contribution is 2.33. The Bertz CT molecular complexity index is 1030. The molecular weight excluding hydrogens is 470 g/mol. The minimum Gasteiger partial charge on any atom is -0.488 e. The van der Waals surface area contributed by atoms with E-state index < -0.39 is 24.5 Å². The summed E-state index contributed by atoms with van der Waals surface area (Å²) in [5.41, 5.74) is 8.75. The number of primary amides is 1. The molecule has 0 radical (unpaired) electrons. The van der Waals surface area contributed by atoms with E-state index in [1.165, 1.54) is 0 Å². The lowest BCUT2D eigenvalue weighted by molar-refractivity contribution is -0.153. The van der Waals surface area contributed by atoms with Crippen molar-refractivity contribution in [2.24, 2.45) is 5.73 Å². The summed E-state index contributed by atoms with van der Waals surface area (Å²) in [4.78, 5) is 14.0. The van der Waals surface area contributed by atoms with E-state index in [-0.39, 0.29) is 30.8 Å². The molecule has 35 heavy (non-hydrogen) atoms. The number of ether oxygens (including phenoxy) is 2. The third-order valence-electron chi connectivity index (χ3n) is 5.54. The Hall–Kier alpha value is -3.05. The van der Waals surface area contributed by atoms with Crippen molar-refractivity contribution in [2.75, 3.05) is 44.4 Å². The predicted molar refractivity (Wildman–Crippen MR) is 123 cm³/mol. The number of hydrogen-bond donors (Lipinski definition) is 3. The Morgan fingerprint density at radius 2 is 2.00 bits per heavy atom. The molecule has 1 atom stereocenters. The van der Waals surface area contributed by atoms with Gasteiger partial charge in [-0.25, -0.2) is 4.39 Å². The minimum absolute atomic E-state index is 0.0199. The molecule has 0 saturated heterocycles. The van der Waals surface area contributed by atoms with Gasteiger partial charge in [0.1, 0.15) is 12.4 Å². The van der Waals surface area contributed by atoms with E-state index >= 15 is 0 Å². The van der Waals surface area contributed by atoms with Crippen LogP contribution in [0.1, 0.15) is 28.4 Å². The fraction of sp³-hybridized carbons (Fsp3) is 0.458. The first-order valence-corrected chi connectivity index (χ1v) is 11.2. The number of aliphatic hydroxyl groups excluding tert-OH is 1. The van der Waals surface area contributed by atoms with Crippen LogP contribution in [0.4, 0.5) is 23.2 Å². The summed E-state index contributed by atoms with van der Waals surface area (Å²) < 4.78 is 61.0. The van der Waals surface area contributed by atoms with E-state index in [9.17, 15) is 27.5 Å². The second-order valence-electron chi connectivity index (χ2n) is 8.38. The molecule has 1 aliphatic rings. The third-order valence-corrected chi connectivity index (χ3v) is 5.54. The van der Waals surface area contributed by atoms with E-state index in [0.29, 0.717) is 31.6 Å². The summed E-state index contributed by atoms with van der Waals surface area (Å²) in [6, 6.07) is 6.84. The first-order chi connectivity index (χ1) is 16.6. The summed E-state index contributed by atoms with van der Waals surface area (Å²) >= 11 is 0. The second-order valence-corrected chi connectivity index (χ2v) is 8.38. The van der Waals surface area contributed by atoms with Gasteiger partial charge in [0.05, 0.1) is 17.9 Å². The van der Waals surface area contributed by atoms with Crippen molar-refractivity contribution in [1.82, 2.24) is 5.32 Å². The maximum Gasteiger partial charge on any atom is 0.422 e. The monoisotopic (exact) mass is 499 g/mol. The average Bonchev–Trinajstić information content (AvgIpc) is 3.17. The van der Waals surface area contributed by atoms with Crippen LogP contribution in [0.3, 0.4) is 0 Å². The highest BCUT2D eigenvalue weighted by molar-refractivity contribution is 6.00. The Kier molecular flexibility index (Phi) is 8.79. The number of β-amino-alcohol motifs (C(OH)–C–C–N with tert-alkyl or cyclic N) is 1. The van der Waals surface area contributed by atoms with Crippen molar-refractivity contribution >= 4 is 11.6 Å². The summed E-state index contributed by atoms with van der Waals surface area (Å²) in [6.07, 6.45) is -3.18. The van der Waals surface area contributed by atoms with Gasteiger partial charge in [-0.05, 0) is 49.1 Å². The SMILES string of the molecule is CC(Cc1cc2c(c(C(N)=O)c1)N(CCO)CC2)NCCOc1cc(F)ccc1OCC(F)(F)F. The van der Waals surface area contributed by atoms with Gasteiger partial charge in [-0.3, -0.25) is 4.79 Å². The van der Waals surface area contributed by atoms with Crippen molar-refractivity contribution in [3.63, 3.8) is 0 Å². The van der Waals surface area contributed by atoms with Crippen LogP contribution in [-0.4, -0.2) is 62.7 Å². The molecule has 0 saturated carbocycles. The number of fused-ring (bicyclic) bond motifs is 1. The number of hydrogen-bond acceptors (Lipinski definition) is 6. The zero-order valence-electron chi connectivity index (χ0n) is 19.3. The number of anilines is 1. The Morgan fingerprint density at radius 3 is 2.69 bits per heavy atom. The summed E-state index contributed by atoms with van der Waals surface area (Å²) in [6.45, 7) is 1.97. The summed E-state index contributed by atoms with van der Waals surface area (Å²) in [5.74, 6) is -1.48. The van der Waals surface area contributed by atoms with Gasteiger partial charge in [-0.15, -0.1) is 0 Å². The molecule has 2 aromatic rings. The fourth-order valence-electron chi connectivity index (χ4n) is 4.11. The maximum atomic E-state index is 13.5. The van der Waals surface area contributed by atoms with Crippen LogP contribution in [0.15, 0.2) is 30.3 Å². The molecule has 3 rings (SSSR count). The quantitative estimate of drug-likeness (QED) is 0.307. The number of benzene rings is 2. The van der Waals surface area contributed by atoms with Crippen molar-refractivity contribution in [2.45, 2.75) is 32.0 Å². The molecule has 7 nitrogen and oxygen atoms in total. The van der Waals surface area contributed by atoms with Gasteiger partial charge in [0.15, 0.2) is 18.1 Å². The minimum atomic E-state index is -4.52. The Labute approximate surface area is 200 Å². The van der Waals surface area contributed by atoms with Gasteiger partial charge in [-0.1, -0.05) is 6.07 Å². The van der Waals surface area contributed by atoms with Crippen LogP contribution in [0.2, 0.25) is 0 Å². The molecule has 0 bridgehead atoms. The van der Waals surface area contributed by atoms with Crippen molar-refractivity contribution in [3.8, 4) is 11.5 Å². The lowest BCUT2D eigenvalue weighted by Gasteiger charge is -2.21. The van der Waals surface area contributed by atoms with E-state index in [0.717, 1.165) is 41.4 Å². The van der Waals surface area contributed by atoms with Crippen LogP contribution >= 0.6 is 0 Å². The predicted octanol–water partition coefficient (Wildman–Crippen LogP) is 2.82. The molecule has 4 N–H and O–H groups in total. The molecule has 2 aromatic carbocycles. The molecule has 11 heteroatoms. The fourth-order valence-corrected chi connectivity index (χ4v) is 4.11. The normalized spacial score (nSPS) is 14.1. The van der Waals surface area contributed by atoms with Crippen molar-refractivity contribution in [1.29, 1.82) is 0 Å². The van der Waals surface area contributed by atoms with E-state index in [4.69, 9.17) is 15.2 Å². The van der Waals surface area contributed by atoms with Gasteiger partial charge in [0.2, 0.25) is 0 Å². The van der Waals surface area contributed by atoms with Gasteiger partial charge >= 0.3 is 6.18 Å². The molecule has 1 amide bonds. The first kappa shape index (κ1) is 26.6. The molecule has 0 spiro atoms. The van der Waals surface area contributed by atoms with Crippen LogP contribution in [-0.2, 0) is 12.8 Å². The number of nitrogens with two attached hydrogens (primary N) is 1. The first-order valence-electron chi connectivity index (χ1n) is 11.2. The molecular formula is C24H29F4N3O4. The largest absolute Gasteiger partial charge is 0.488 e. The van der Waals surface area contributed by atoms with Gasteiger partial charge in [-0.2, -0.15) is 13.2 Å². The van der Waals surface area contributed by atoms with Crippen molar-refractivity contribution in [3.05, 3.63) is 52.8 Å². The number of amides is 1. The molecule has 0 aliphatic carbocycles. The Balaban J connectivity index is 1.55. The highest BCUT2D eigenvalue weighted by Gasteiger charge is 2.29. The topological polar surface area (TPSA) is 97.1 Å². The molecule has 0 aromatic heterocycles. The van der Waals surface area contributed by atoms with E-state index in [1.54, 1.807) is 6.07 Å². The molecule has 0 fully saturated rings. The van der Waals surface area contributed by atoms with Gasteiger partial charge in [0.25, 0.3) is 5.91 Å². The highest BCUT2D eigenvalue weighted by atomic mass is 19.4. The Morgan fingerprint density at radius 1 is 1.23 bits per heavy atom. The number of nitrogens with zero attached hydrogens (tertiary/aromatic N) is 1. The number of carbonyl (C=O) groups excluding carboxylic acids is 1. The lowest BCUT2D eigenvalue weighted by Crippen LogP contribution is -2.32. The molecule has 1 aliphatic heterocycles. The number of halogens is 4. The standard InChI is InChI=1S/C24H29F4N3O4/c1-15(10-16-11-17-4-6-31(7-8-32)22(17)19(12-16)23(29)33)30-5-9-34-21-13-18(25)2-3-20(21)35-14-24(26,27)28/h2-3,11-13,15,30,32H,4-10,14H2,1H3,(H2,29,33). The number of rotatable bonds is 12. The second kappa shape index (κ2) is 11.6. The maximum absolute atomic E-state index is 13.5. The molecule has 192 valence electrons. The number of alkyl halides is 3. The summed E-state index contributed by atoms with van der Waals surface area (Å²) in [7, 11) is 0. The van der Waals surface area contributed by atoms with Gasteiger partial charge < -0.3 is 30.5 Å². The average molecular weight is 500 g/mol. The van der Waals surface area contributed by atoms with Crippen LogP contribution < -0.4 is 25.4 Å².